The Morgan fingerprint density at radius 2 is 1.95 bits per heavy atom. The molecule has 0 aliphatic carbocycles. The fourth-order valence-corrected chi connectivity index (χ4v) is 1.82. The number of nitrogens with zero attached hydrogens (tertiary/aromatic N) is 1. The summed E-state index contributed by atoms with van der Waals surface area (Å²) in [5.41, 5.74) is 0.946. The summed E-state index contributed by atoms with van der Waals surface area (Å²) >= 11 is 0. The van der Waals surface area contributed by atoms with Gasteiger partial charge in [-0.05, 0) is 52.8 Å². The third-order valence-corrected chi connectivity index (χ3v) is 2.64. The summed E-state index contributed by atoms with van der Waals surface area (Å²) in [5, 5.41) is 3.43. The monoisotopic (exact) mass is 280 g/mol. The standard InChI is InChI=1S/C16H28N2O2/c1-7-18-15(11-19-16(4,5)6)13-8-14(10-17-9-13)20-12(2)3/h8-10,12,15,18H,7,11H2,1-6H3. The van der Waals surface area contributed by atoms with Gasteiger partial charge in [-0.3, -0.25) is 4.98 Å². The summed E-state index contributed by atoms with van der Waals surface area (Å²) in [6, 6.07) is 2.16. The molecule has 0 radical (unpaired) electrons. The SMILES string of the molecule is CCNC(COC(C)(C)C)c1cncc(OC(C)C)c1. The van der Waals surface area contributed by atoms with Crippen LogP contribution in [0.3, 0.4) is 0 Å². The fourth-order valence-electron chi connectivity index (χ4n) is 1.82. The molecule has 4 heteroatoms. The minimum Gasteiger partial charge on any atom is -0.489 e. The lowest BCUT2D eigenvalue weighted by Crippen LogP contribution is -2.30. The van der Waals surface area contributed by atoms with Gasteiger partial charge in [0, 0.05) is 6.20 Å². The zero-order valence-electron chi connectivity index (χ0n) is 13.6. The molecule has 0 saturated heterocycles. The Morgan fingerprint density at radius 1 is 1.25 bits per heavy atom. The van der Waals surface area contributed by atoms with Crippen molar-refractivity contribution < 1.29 is 9.47 Å². The summed E-state index contributed by atoms with van der Waals surface area (Å²) in [6.45, 7) is 13.8. The molecule has 1 aromatic rings. The number of pyridine rings is 1. The normalized spacial score (nSPS) is 13.6. The van der Waals surface area contributed by atoms with Crippen molar-refractivity contribution >= 4 is 0 Å². The van der Waals surface area contributed by atoms with Crippen molar-refractivity contribution in [2.75, 3.05) is 13.2 Å². The Bertz CT molecular complexity index is 400. The highest BCUT2D eigenvalue weighted by Crippen LogP contribution is 2.21. The highest BCUT2D eigenvalue weighted by Gasteiger charge is 2.17. The Morgan fingerprint density at radius 3 is 2.50 bits per heavy atom. The van der Waals surface area contributed by atoms with Gasteiger partial charge in [-0.2, -0.15) is 0 Å². The molecular weight excluding hydrogens is 252 g/mol. The predicted molar refractivity (Wildman–Crippen MR) is 82.1 cm³/mol. The van der Waals surface area contributed by atoms with Crippen molar-refractivity contribution in [2.45, 2.75) is 59.3 Å². The van der Waals surface area contributed by atoms with E-state index in [2.05, 4.69) is 38.0 Å². The van der Waals surface area contributed by atoms with Crippen LogP contribution in [0.2, 0.25) is 0 Å². The van der Waals surface area contributed by atoms with Gasteiger partial charge in [0.2, 0.25) is 0 Å². The van der Waals surface area contributed by atoms with Crippen LogP contribution in [-0.2, 0) is 4.74 Å². The van der Waals surface area contributed by atoms with Crippen molar-refractivity contribution in [3.63, 3.8) is 0 Å². The third-order valence-electron chi connectivity index (χ3n) is 2.64. The number of likely N-dealkylation sites (N-methyl/N-ethyl adjacent to an activating group) is 1. The zero-order chi connectivity index (χ0) is 15.2. The second-order valence-corrected chi connectivity index (χ2v) is 6.15. The second-order valence-electron chi connectivity index (χ2n) is 6.15. The molecular formula is C16H28N2O2. The van der Waals surface area contributed by atoms with Crippen LogP contribution in [0.5, 0.6) is 5.75 Å². The first-order valence-electron chi connectivity index (χ1n) is 7.30. The topological polar surface area (TPSA) is 43.4 Å². The van der Waals surface area contributed by atoms with E-state index < -0.39 is 0 Å². The van der Waals surface area contributed by atoms with E-state index in [0.717, 1.165) is 17.9 Å². The van der Waals surface area contributed by atoms with Gasteiger partial charge >= 0.3 is 0 Å². The van der Waals surface area contributed by atoms with Crippen molar-refractivity contribution in [2.24, 2.45) is 0 Å². The van der Waals surface area contributed by atoms with E-state index in [0.29, 0.717) is 6.61 Å². The lowest BCUT2D eigenvalue weighted by atomic mass is 10.1. The summed E-state index contributed by atoms with van der Waals surface area (Å²) in [5.74, 6) is 0.802. The van der Waals surface area contributed by atoms with E-state index in [1.54, 1.807) is 6.20 Å². The molecule has 1 atom stereocenters. The van der Waals surface area contributed by atoms with Crippen molar-refractivity contribution in [1.29, 1.82) is 0 Å². The van der Waals surface area contributed by atoms with E-state index >= 15 is 0 Å². The van der Waals surface area contributed by atoms with Gasteiger partial charge in [-0.15, -0.1) is 0 Å². The molecule has 1 unspecified atom stereocenters. The second kappa shape index (κ2) is 7.60. The molecule has 0 amide bonds. The van der Waals surface area contributed by atoms with Crippen molar-refractivity contribution in [3.8, 4) is 5.75 Å². The molecule has 114 valence electrons. The molecule has 0 spiro atoms. The Kier molecular flexibility index (Phi) is 6.43. The quantitative estimate of drug-likeness (QED) is 0.832. The summed E-state index contributed by atoms with van der Waals surface area (Å²) in [6.07, 6.45) is 3.76. The smallest absolute Gasteiger partial charge is 0.138 e. The Labute approximate surface area is 122 Å². The highest BCUT2D eigenvalue weighted by molar-refractivity contribution is 5.26. The van der Waals surface area contributed by atoms with E-state index in [9.17, 15) is 0 Å². The van der Waals surface area contributed by atoms with E-state index in [-0.39, 0.29) is 17.7 Å². The van der Waals surface area contributed by atoms with Gasteiger partial charge in [0.05, 0.1) is 30.6 Å². The van der Waals surface area contributed by atoms with Crippen LogP contribution in [0, 0.1) is 0 Å². The Hall–Kier alpha value is -1.13. The number of ether oxygens (including phenoxy) is 2. The molecule has 0 aromatic carbocycles. The fraction of sp³-hybridized carbons (Fsp3) is 0.688. The molecule has 0 fully saturated rings. The van der Waals surface area contributed by atoms with Gasteiger partial charge in [0.1, 0.15) is 5.75 Å². The van der Waals surface area contributed by atoms with Crippen LogP contribution < -0.4 is 10.1 Å². The minimum absolute atomic E-state index is 0.127. The predicted octanol–water partition coefficient (Wildman–Crippen LogP) is 3.33. The number of hydrogen-bond acceptors (Lipinski definition) is 4. The third kappa shape index (κ3) is 6.35. The van der Waals surface area contributed by atoms with Crippen molar-refractivity contribution in [1.82, 2.24) is 10.3 Å². The highest BCUT2D eigenvalue weighted by atomic mass is 16.5. The van der Waals surface area contributed by atoms with Gasteiger partial charge in [0.25, 0.3) is 0 Å². The lowest BCUT2D eigenvalue weighted by molar-refractivity contribution is -0.0146. The van der Waals surface area contributed by atoms with Crippen LogP contribution in [0.4, 0.5) is 0 Å². The first kappa shape index (κ1) is 16.9. The number of nitrogens with one attached hydrogen (secondary N) is 1. The molecule has 4 nitrogen and oxygen atoms in total. The maximum absolute atomic E-state index is 5.89. The first-order valence-corrected chi connectivity index (χ1v) is 7.30. The van der Waals surface area contributed by atoms with Crippen LogP contribution in [-0.4, -0.2) is 29.8 Å². The maximum atomic E-state index is 5.89. The van der Waals surface area contributed by atoms with Gasteiger partial charge in [-0.1, -0.05) is 6.92 Å². The number of rotatable bonds is 7. The Balaban J connectivity index is 2.80. The first-order chi connectivity index (χ1) is 9.31. The molecule has 0 saturated carbocycles. The molecule has 1 aromatic heterocycles. The average molecular weight is 280 g/mol. The molecule has 1 heterocycles. The molecule has 20 heavy (non-hydrogen) atoms. The summed E-state index contributed by atoms with van der Waals surface area (Å²) in [4.78, 5) is 4.26. The number of hydrogen-bond donors (Lipinski definition) is 1. The molecule has 1 rings (SSSR count). The number of aromatic nitrogens is 1. The van der Waals surface area contributed by atoms with Crippen LogP contribution >= 0.6 is 0 Å². The summed E-state index contributed by atoms with van der Waals surface area (Å²) < 4.78 is 11.6. The van der Waals surface area contributed by atoms with Gasteiger partial charge in [-0.25, -0.2) is 0 Å². The molecule has 1 N–H and O–H groups in total. The van der Waals surface area contributed by atoms with Gasteiger partial charge < -0.3 is 14.8 Å². The minimum atomic E-state index is -0.146. The van der Waals surface area contributed by atoms with E-state index in [4.69, 9.17) is 9.47 Å². The maximum Gasteiger partial charge on any atom is 0.138 e. The van der Waals surface area contributed by atoms with Crippen molar-refractivity contribution in [3.05, 3.63) is 24.0 Å². The molecule has 0 aliphatic heterocycles. The van der Waals surface area contributed by atoms with E-state index in [1.807, 2.05) is 26.1 Å². The summed E-state index contributed by atoms with van der Waals surface area (Å²) in [7, 11) is 0. The van der Waals surface area contributed by atoms with Crippen LogP contribution in [0.25, 0.3) is 0 Å². The molecule has 0 aliphatic rings. The van der Waals surface area contributed by atoms with Crippen LogP contribution in [0.1, 0.15) is 53.1 Å². The molecule has 0 bridgehead atoms. The van der Waals surface area contributed by atoms with Crippen LogP contribution in [0.15, 0.2) is 18.5 Å². The lowest BCUT2D eigenvalue weighted by Gasteiger charge is -2.25. The van der Waals surface area contributed by atoms with Gasteiger partial charge in [0.15, 0.2) is 0 Å². The van der Waals surface area contributed by atoms with E-state index in [1.165, 1.54) is 0 Å². The average Bonchev–Trinajstić information content (AvgIpc) is 2.33. The zero-order valence-corrected chi connectivity index (χ0v) is 13.6. The largest absolute Gasteiger partial charge is 0.489 e.